The van der Waals surface area contributed by atoms with Crippen LogP contribution in [0.15, 0.2) is 30.3 Å². The minimum atomic E-state index is 0.00890. The zero-order valence-corrected chi connectivity index (χ0v) is 11.5. The van der Waals surface area contributed by atoms with Gasteiger partial charge in [-0.2, -0.15) is 0 Å². The number of aryl methyl sites for hydroxylation is 1. The molecule has 1 aromatic carbocycles. The van der Waals surface area contributed by atoms with Crippen molar-refractivity contribution in [1.82, 2.24) is 4.98 Å². The first-order valence-electron chi connectivity index (χ1n) is 5.69. The first kappa shape index (κ1) is 13.4. The van der Waals surface area contributed by atoms with Crippen molar-refractivity contribution in [2.75, 3.05) is 7.11 Å². The van der Waals surface area contributed by atoms with Gasteiger partial charge in [0.15, 0.2) is 0 Å². The van der Waals surface area contributed by atoms with Crippen molar-refractivity contribution >= 4 is 17.4 Å². The lowest BCUT2D eigenvalue weighted by Crippen LogP contribution is -2.13. The van der Waals surface area contributed by atoms with Crippen molar-refractivity contribution in [3.8, 4) is 17.0 Å². The maximum atomic E-state index is 7.46. The monoisotopic (exact) mass is 275 g/mol. The number of hydrogen-bond acceptors (Lipinski definition) is 3. The minimum absolute atomic E-state index is 0.00890. The molecule has 19 heavy (non-hydrogen) atoms. The average Bonchev–Trinajstić information content (AvgIpc) is 2.38. The summed E-state index contributed by atoms with van der Waals surface area (Å²) in [7, 11) is 1.60. The fourth-order valence-corrected chi connectivity index (χ4v) is 2.05. The van der Waals surface area contributed by atoms with E-state index < -0.39 is 0 Å². The average molecular weight is 276 g/mol. The molecule has 0 bridgehead atoms. The molecule has 0 unspecified atom stereocenters. The summed E-state index contributed by atoms with van der Waals surface area (Å²) >= 11 is 6.01. The van der Waals surface area contributed by atoms with Gasteiger partial charge in [0.25, 0.3) is 0 Å². The number of pyridine rings is 1. The van der Waals surface area contributed by atoms with E-state index >= 15 is 0 Å². The van der Waals surface area contributed by atoms with Crippen molar-refractivity contribution < 1.29 is 4.74 Å². The van der Waals surface area contributed by atoms with E-state index in [9.17, 15) is 0 Å². The molecule has 0 aliphatic heterocycles. The molecule has 1 aromatic heterocycles. The molecular weight excluding hydrogens is 262 g/mol. The van der Waals surface area contributed by atoms with E-state index in [1.165, 1.54) is 0 Å². The lowest BCUT2D eigenvalue weighted by Gasteiger charge is -2.10. The summed E-state index contributed by atoms with van der Waals surface area (Å²) in [5.41, 5.74) is 8.36. The second-order valence-electron chi connectivity index (χ2n) is 4.09. The Labute approximate surface area is 116 Å². The quantitative estimate of drug-likeness (QED) is 0.668. The third-order valence-corrected chi connectivity index (χ3v) is 3.05. The Kier molecular flexibility index (Phi) is 3.71. The van der Waals surface area contributed by atoms with Gasteiger partial charge in [0.1, 0.15) is 11.6 Å². The van der Waals surface area contributed by atoms with Crippen molar-refractivity contribution in [2.24, 2.45) is 5.73 Å². The van der Waals surface area contributed by atoms with E-state index in [2.05, 4.69) is 4.98 Å². The van der Waals surface area contributed by atoms with E-state index in [1.54, 1.807) is 37.4 Å². The number of methoxy groups -OCH3 is 1. The van der Waals surface area contributed by atoms with Crippen LogP contribution in [0, 0.1) is 12.3 Å². The normalized spacial score (nSPS) is 10.3. The number of ether oxygens (including phenoxy) is 1. The molecule has 0 atom stereocenters. The molecular formula is C14H14ClN3O. The molecule has 98 valence electrons. The van der Waals surface area contributed by atoms with Gasteiger partial charge < -0.3 is 10.5 Å². The van der Waals surface area contributed by atoms with E-state index in [4.69, 9.17) is 27.5 Å². The summed E-state index contributed by atoms with van der Waals surface area (Å²) in [6.07, 6.45) is 0. The van der Waals surface area contributed by atoms with Crippen LogP contribution in [0.2, 0.25) is 5.02 Å². The van der Waals surface area contributed by atoms with Gasteiger partial charge in [0.05, 0.1) is 12.8 Å². The second kappa shape index (κ2) is 5.28. The summed E-state index contributed by atoms with van der Waals surface area (Å²) in [5, 5.41) is 8.07. The molecule has 4 nitrogen and oxygen atoms in total. The largest absolute Gasteiger partial charge is 0.496 e. The summed E-state index contributed by atoms with van der Waals surface area (Å²) in [4.78, 5) is 4.45. The maximum absolute atomic E-state index is 7.46. The Bertz CT molecular complexity index is 641. The number of amidine groups is 1. The Balaban J connectivity index is 2.56. The molecule has 5 heteroatoms. The van der Waals surface area contributed by atoms with Crippen LogP contribution < -0.4 is 10.5 Å². The highest BCUT2D eigenvalue weighted by Crippen LogP contribution is 2.31. The molecule has 0 aliphatic carbocycles. The van der Waals surface area contributed by atoms with Crippen molar-refractivity contribution in [3.05, 3.63) is 46.6 Å². The number of nitrogens with zero attached hydrogens (tertiary/aromatic N) is 1. The van der Waals surface area contributed by atoms with Crippen molar-refractivity contribution in [1.29, 1.82) is 5.41 Å². The summed E-state index contributed by atoms with van der Waals surface area (Å²) in [6, 6.07) is 8.95. The smallest absolute Gasteiger partial charge is 0.128 e. The van der Waals surface area contributed by atoms with Gasteiger partial charge in [-0.05, 0) is 37.3 Å². The molecule has 0 aliphatic rings. The standard InChI is InChI=1S/C14H14ClN3O/c1-8-10(14(16)17)4-5-12(18-8)11-7-9(15)3-6-13(11)19-2/h3-7H,1-2H3,(H3,16,17). The van der Waals surface area contributed by atoms with Crippen LogP contribution in [0.25, 0.3) is 11.3 Å². The van der Waals surface area contributed by atoms with Gasteiger partial charge in [-0.25, -0.2) is 0 Å². The predicted molar refractivity (Wildman–Crippen MR) is 77.0 cm³/mol. The van der Waals surface area contributed by atoms with Gasteiger partial charge in [-0.15, -0.1) is 0 Å². The van der Waals surface area contributed by atoms with Crippen molar-refractivity contribution in [2.45, 2.75) is 6.92 Å². The number of nitrogens with two attached hydrogens (primary N) is 1. The number of benzene rings is 1. The highest BCUT2D eigenvalue weighted by molar-refractivity contribution is 6.30. The minimum Gasteiger partial charge on any atom is -0.496 e. The van der Waals surface area contributed by atoms with E-state index in [1.807, 2.05) is 6.92 Å². The first-order valence-corrected chi connectivity index (χ1v) is 6.06. The Morgan fingerprint density at radius 2 is 2.05 bits per heavy atom. The lowest BCUT2D eigenvalue weighted by molar-refractivity contribution is 0.416. The number of nitrogens with one attached hydrogen (secondary N) is 1. The van der Waals surface area contributed by atoms with E-state index in [0.29, 0.717) is 22.0 Å². The lowest BCUT2D eigenvalue weighted by atomic mass is 10.1. The molecule has 0 spiro atoms. The van der Waals surface area contributed by atoms with Gasteiger partial charge in [-0.1, -0.05) is 11.6 Å². The fraction of sp³-hybridized carbons (Fsp3) is 0.143. The third kappa shape index (κ3) is 2.69. The van der Waals surface area contributed by atoms with Crippen LogP contribution in [-0.4, -0.2) is 17.9 Å². The SMILES string of the molecule is COc1ccc(Cl)cc1-c1ccc(C(=N)N)c(C)n1. The highest BCUT2D eigenvalue weighted by atomic mass is 35.5. The number of halogens is 1. The first-order chi connectivity index (χ1) is 9.02. The van der Waals surface area contributed by atoms with Crippen LogP contribution in [0.4, 0.5) is 0 Å². The Morgan fingerprint density at radius 1 is 1.32 bits per heavy atom. The fourth-order valence-electron chi connectivity index (χ4n) is 1.88. The number of nitrogen functional groups attached to an aromatic ring is 1. The van der Waals surface area contributed by atoms with Gasteiger partial charge in [0.2, 0.25) is 0 Å². The molecule has 1 heterocycles. The maximum Gasteiger partial charge on any atom is 0.128 e. The number of aromatic nitrogens is 1. The molecule has 0 amide bonds. The zero-order chi connectivity index (χ0) is 14.0. The third-order valence-electron chi connectivity index (χ3n) is 2.81. The van der Waals surface area contributed by atoms with Crippen LogP contribution in [0.3, 0.4) is 0 Å². The Morgan fingerprint density at radius 3 is 2.63 bits per heavy atom. The van der Waals surface area contributed by atoms with Gasteiger partial charge in [0, 0.05) is 21.8 Å². The van der Waals surface area contributed by atoms with Gasteiger partial charge in [-0.3, -0.25) is 10.4 Å². The van der Waals surface area contributed by atoms with Crippen LogP contribution in [-0.2, 0) is 0 Å². The Hall–Kier alpha value is -2.07. The number of hydrogen-bond donors (Lipinski definition) is 2. The molecule has 3 N–H and O–H groups in total. The topological polar surface area (TPSA) is 72.0 Å². The predicted octanol–water partition coefficient (Wildman–Crippen LogP) is 3.00. The molecule has 0 saturated heterocycles. The molecule has 0 fully saturated rings. The summed E-state index contributed by atoms with van der Waals surface area (Å²) in [5.74, 6) is 0.710. The molecule has 0 radical (unpaired) electrons. The van der Waals surface area contributed by atoms with E-state index in [0.717, 1.165) is 11.3 Å². The zero-order valence-electron chi connectivity index (χ0n) is 10.7. The molecule has 2 rings (SSSR count). The highest BCUT2D eigenvalue weighted by Gasteiger charge is 2.10. The van der Waals surface area contributed by atoms with E-state index in [-0.39, 0.29) is 5.84 Å². The van der Waals surface area contributed by atoms with Gasteiger partial charge >= 0.3 is 0 Å². The summed E-state index contributed by atoms with van der Waals surface area (Å²) in [6.45, 7) is 1.82. The summed E-state index contributed by atoms with van der Waals surface area (Å²) < 4.78 is 5.31. The van der Waals surface area contributed by atoms with Crippen LogP contribution >= 0.6 is 11.6 Å². The second-order valence-corrected chi connectivity index (χ2v) is 4.52. The number of rotatable bonds is 3. The molecule has 2 aromatic rings. The van der Waals surface area contributed by atoms with Crippen molar-refractivity contribution in [3.63, 3.8) is 0 Å². The van der Waals surface area contributed by atoms with Crippen LogP contribution in [0.1, 0.15) is 11.3 Å². The molecule has 0 saturated carbocycles. The van der Waals surface area contributed by atoms with Crippen LogP contribution in [0.5, 0.6) is 5.75 Å².